The molecule has 0 aliphatic carbocycles. The molecule has 1 N–H and O–H groups in total. The van der Waals surface area contributed by atoms with E-state index in [0.29, 0.717) is 24.0 Å². The van der Waals surface area contributed by atoms with Crippen molar-refractivity contribution in [3.63, 3.8) is 0 Å². The minimum Gasteiger partial charge on any atom is -0.341 e. The van der Waals surface area contributed by atoms with E-state index in [1.54, 1.807) is 0 Å². The molecule has 0 radical (unpaired) electrons. The Morgan fingerprint density at radius 1 is 1.11 bits per heavy atom. The van der Waals surface area contributed by atoms with Crippen LogP contribution in [0.1, 0.15) is 38.5 Å². The van der Waals surface area contributed by atoms with E-state index in [1.807, 2.05) is 0 Å². The van der Waals surface area contributed by atoms with Gasteiger partial charge in [0, 0.05) is 37.3 Å². The van der Waals surface area contributed by atoms with E-state index in [0.717, 1.165) is 25.6 Å². The standard InChI is InChI=1S/C15H25N3O/c1-17-11-3-4-12(17)9-18(7-6-11)15(19)13-8-10-2-5-14(13)16-10/h10-14,16H,2-9H2,1H3. The highest BCUT2D eigenvalue weighted by molar-refractivity contribution is 5.80. The van der Waals surface area contributed by atoms with Gasteiger partial charge in [-0.25, -0.2) is 0 Å². The maximum Gasteiger partial charge on any atom is 0.227 e. The summed E-state index contributed by atoms with van der Waals surface area (Å²) in [5.41, 5.74) is 0. The third-order valence-corrected chi connectivity index (χ3v) is 6.08. The number of nitrogens with zero attached hydrogens (tertiary/aromatic N) is 2. The van der Waals surface area contributed by atoms with Gasteiger partial charge >= 0.3 is 0 Å². The Hall–Kier alpha value is -0.610. The molecule has 4 heteroatoms. The van der Waals surface area contributed by atoms with Crippen LogP contribution >= 0.6 is 0 Å². The largest absolute Gasteiger partial charge is 0.341 e. The molecular weight excluding hydrogens is 238 g/mol. The second kappa shape index (κ2) is 4.45. The third-order valence-electron chi connectivity index (χ3n) is 6.08. The number of nitrogens with one attached hydrogen (secondary N) is 1. The number of carbonyl (C=O) groups is 1. The van der Waals surface area contributed by atoms with Crippen LogP contribution in [-0.4, -0.2) is 60.0 Å². The highest BCUT2D eigenvalue weighted by atomic mass is 16.2. The Morgan fingerprint density at radius 3 is 2.68 bits per heavy atom. The van der Waals surface area contributed by atoms with Crippen LogP contribution in [0.2, 0.25) is 0 Å². The van der Waals surface area contributed by atoms with Crippen LogP contribution in [0.25, 0.3) is 0 Å². The molecule has 4 aliphatic rings. The van der Waals surface area contributed by atoms with Gasteiger partial charge in [-0.3, -0.25) is 9.69 Å². The topological polar surface area (TPSA) is 35.6 Å². The maximum absolute atomic E-state index is 12.8. The average Bonchev–Trinajstić information content (AvgIpc) is 3.05. The highest BCUT2D eigenvalue weighted by Crippen LogP contribution is 2.36. The van der Waals surface area contributed by atoms with Gasteiger partial charge in [0.05, 0.1) is 5.92 Å². The summed E-state index contributed by atoms with van der Waals surface area (Å²) in [7, 11) is 2.25. The molecule has 4 fully saturated rings. The van der Waals surface area contributed by atoms with Gasteiger partial charge in [0.15, 0.2) is 0 Å². The molecule has 0 spiro atoms. The fraction of sp³-hybridized carbons (Fsp3) is 0.933. The lowest BCUT2D eigenvalue weighted by atomic mass is 9.88. The predicted octanol–water partition coefficient (Wildman–Crippen LogP) is 0.822. The number of amides is 1. The van der Waals surface area contributed by atoms with E-state index in [2.05, 4.69) is 22.2 Å². The average molecular weight is 263 g/mol. The Labute approximate surface area is 115 Å². The van der Waals surface area contributed by atoms with Crippen LogP contribution in [0.15, 0.2) is 0 Å². The van der Waals surface area contributed by atoms with Gasteiger partial charge in [0.25, 0.3) is 0 Å². The summed E-state index contributed by atoms with van der Waals surface area (Å²) in [6.07, 6.45) is 7.36. The van der Waals surface area contributed by atoms with Crippen molar-refractivity contribution in [3.05, 3.63) is 0 Å². The van der Waals surface area contributed by atoms with Gasteiger partial charge in [0.2, 0.25) is 5.91 Å². The van der Waals surface area contributed by atoms with Gasteiger partial charge in [0.1, 0.15) is 0 Å². The van der Waals surface area contributed by atoms with Crippen molar-refractivity contribution in [1.29, 1.82) is 0 Å². The van der Waals surface area contributed by atoms with Crippen molar-refractivity contribution in [3.8, 4) is 0 Å². The number of likely N-dealkylation sites (tertiary alicyclic amines) is 1. The fourth-order valence-corrected chi connectivity index (χ4v) is 4.84. The zero-order valence-corrected chi connectivity index (χ0v) is 11.8. The Kier molecular flexibility index (Phi) is 2.85. The summed E-state index contributed by atoms with van der Waals surface area (Å²) in [5, 5.41) is 3.60. The SMILES string of the molecule is CN1C2CCC1CN(C(=O)C1CC3CCC1N3)CC2. The first-order valence-corrected chi connectivity index (χ1v) is 7.99. The quantitative estimate of drug-likeness (QED) is 0.761. The molecular formula is C15H25N3O. The molecule has 0 aromatic carbocycles. The van der Waals surface area contributed by atoms with Crippen LogP contribution in [0.3, 0.4) is 0 Å². The van der Waals surface area contributed by atoms with Crippen molar-refractivity contribution in [2.45, 2.75) is 62.7 Å². The maximum atomic E-state index is 12.8. The second-order valence-corrected chi connectivity index (χ2v) is 7.01. The van der Waals surface area contributed by atoms with Crippen LogP contribution in [0, 0.1) is 5.92 Å². The molecule has 0 aromatic heterocycles. The lowest BCUT2D eigenvalue weighted by molar-refractivity contribution is -0.136. The van der Waals surface area contributed by atoms with E-state index < -0.39 is 0 Å². The molecule has 4 aliphatic heterocycles. The van der Waals surface area contributed by atoms with E-state index in [9.17, 15) is 4.79 Å². The minimum atomic E-state index is 0.278. The van der Waals surface area contributed by atoms with Gasteiger partial charge in [-0.15, -0.1) is 0 Å². The molecule has 4 nitrogen and oxygen atoms in total. The first kappa shape index (κ1) is 12.2. The van der Waals surface area contributed by atoms with Crippen LogP contribution in [0.5, 0.6) is 0 Å². The number of carbonyl (C=O) groups excluding carboxylic acids is 1. The smallest absolute Gasteiger partial charge is 0.227 e. The molecule has 1 amide bonds. The van der Waals surface area contributed by atoms with Crippen molar-refractivity contribution < 1.29 is 4.79 Å². The molecule has 5 atom stereocenters. The van der Waals surface area contributed by atoms with Gasteiger partial charge in [-0.05, 0) is 45.6 Å². The monoisotopic (exact) mass is 263 g/mol. The van der Waals surface area contributed by atoms with E-state index >= 15 is 0 Å². The minimum absolute atomic E-state index is 0.278. The Balaban J connectivity index is 1.46. The summed E-state index contributed by atoms with van der Waals surface area (Å²) in [6, 6.07) is 2.45. The lowest BCUT2D eigenvalue weighted by Crippen LogP contribution is -2.45. The van der Waals surface area contributed by atoms with Crippen LogP contribution in [0.4, 0.5) is 0 Å². The zero-order chi connectivity index (χ0) is 13.0. The lowest BCUT2D eigenvalue weighted by Gasteiger charge is -2.30. The fourth-order valence-electron chi connectivity index (χ4n) is 4.84. The Morgan fingerprint density at radius 2 is 1.95 bits per heavy atom. The number of hydrogen-bond acceptors (Lipinski definition) is 3. The Bertz CT molecular complexity index is 386. The van der Waals surface area contributed by atoms with Gasteiger partial charge in [-0.2, -0.15) is 0 Å². The third kappa shape index (κ3) is 1.91. The molecule has 4 bridgehead atoms. The van der Waals surface area contributed by atoms with Crippen LogP contribution in [-0.2, 0) is 4.79 Å². The normalized spacial score (nSPS) is 45.7. The molecule has 0 aromatic rings. The van der Waals surface area contributed by atoms with Crippen LogP contribution < -0.4 is 5.32 Å². The molecule has 5 unspecified atom stereocenters. The number of likely N-dealkylation sites (N-methyl/N-ethyl adjacent to an activating group) is 1. The number of fused-ring (bicyclic) bond motifs is 4. The summed E-state index contributed by atoms with van der Waals surface area (Å²) < 4.78 is 0. The number of rotatable bonds is 1. The highest BCUT2D eigenvalue weighted by Gasteiger charge is 2.45. The van der Waals surface area contributed by atoms with Crippen molar-refractivity contribution in [2.24, 2.45) is 5.92 Å². The predicted molar refractivity (Wildman–Crippen MR) is 73.8 cm³/mol. The summed E-state index contributed by atoms with van der Waals surface area (Å²) >= 11 is 0. The molecule has 19 heavy (non-hydrogen) atoms. The van der Waals surface area contributed by atoms with E-state index in [1.165, 1.54) is 32.1 Å². The molecule has 4 saturated heterocycles. The van der Waals surface area contributed by atoms with Crippen molar-refractivity contribution in [1.82, 2.24) is 15.1 Å². The summed E-state index contributed by atoms with van der Waals surface area (Å²) in [4.78, 5) is 17.5. The first-order valence-electron chi connectivity index (χ1n) is 7.99. The van der Waals surface area contributed by atoms with Crippen molar-refractivity contribution in [2.75, 3.05) is 20.1 Å². The van der Waals surface area contributed by atoms with Gasteiger partial charge in [-0.1, -0.05) is 0 Å². The first-order chi connectivity index (χ1) is 9.22. The summed E-state index contributed by atoms with van der Waals surface area (Å²) in [6.45, 7) is 1.96. The molecule has 4 heterocycles. The summed E-state index contributed by atoms with van der Waals surface area (Å²) in [5.74, 6) is 0.723. The number of hydrogen-bond donors (Lipinski definition) is 1. The van der Waals surface area contributed by atoms with E-state index in [-0.39, 0.29) is 5.92 Å². The van der Waals surface area contributed by atoms with E-state index in [4.69, 9.17) is 0 Å². The molecule has 4 rings (SSSR count). The zero-order valence-electron chi connectivity index (χ0n) is 11.8. The van der Waals surface area contributed by atoms with Crippen molar-refractivity contribution >= 4 is 5.91 Å². The molecule has 106 valence electrons. The van der Waals surface area contributed by atoms with Gasteiger partial charge < -0.3 is 10.2 Å². The molecule has 0 saturated carbocycles. The second-order valence-electron chi connectivity index (χ2n) is 7.01.